The van der Waals surface area contributed by atoms with Gasteiger partial charge in [0, 0.05) is 26.4 Å². The van der Waals surface area contributed by atoms with Crippen LogP contribution in [0.5, 0.6) is 0 Å². The first-order valence-electron chi connectivity index (χ1n) is 8.57. The van der Waals surface area contributed by atoms with Gasteiger partial charge in [-0.25, -0.2) is 0 Å². The molecule has 25 heavy (non-hydrogen) atoms. The van der Waals surface area contributed by atoms with Crippen molar-refractivity contribution in [2.24, 2.45) is 0 Å². The van der Waals surface area contributed by atoms with Crippen LogP contribution in [-0.4, -0.2) is 42.9 Å². The SMILES string of the molecule is COC(=O)CN(Cc1ccccc1C)C(=O)CCCCCNC(C)=O. The number of hydrogen-bond donors (Lipinski definition) is 1. The Labute approximate surface area is 149 Å². The van der Waals surface area contributed by atoms with Crippen LogP contribution in [-0.2, 0) is 25.7 Å². The highest BCUT2D eigenvalue weighted by Gasteiger charge is 2.18. The smallest absolute Gasteiger partial charge is 0.325 e. The number of ether oxygens (including phenoxy) is 1. The summed E-state index contributed by atoms with van der Waals surface area (Å²) in [6.45, 7) is 4.44. The van der Waals surface area contributed by atoms with Gasteiger partial charge < -0.3 is 15.0 Å². The number of amides is 2. The summed E-state index contributed by atoms with van der Waals surface area (Å²) in [4.78, 5) is 36.5. The molecule has 0 aliphatic carbocycles. The molecule has 0 saturated carbocycles. The Balaban J connectivity index is 2.54. The highest BCUT2D eigenvalue weighted by molar-refractivity contribution is 5.82. The highest BCUT2D eigenvalue weighted by Crippen LogP contribution is 2.13. The zero-order chi connectivity index (χ0) is 18.7. The van der Waals surface area contributed by atoms with E-state index in [0.717, 1.165) is 30.4 Å². The second-order valence-corrected chi connectivity index (χ2v) is 6.05. The molecule has 6 nitrogen and oxygen atoms in total. The molecule has 2 amide bonds. The fraction of sp³-hybridized carbons (Fsp3) is 0.526. The van der Waals surface area contributed by atoms with Gasteiger partial charge >= 0.3 is 5.97 Å². The summed E-state index contributed by atoms with van der Waals surface area (Å²) < 4.78 is 4.71. The minimum atomic E-state index is -0.424. The summed E-state index contributed by atoms with van der Waals surface area (Å²) in [5.74, 6) is -0.528. The molecule has 0 bridgehead atoms. The van der Waals surface area contributed by atoms with Crippen LogP contribution in [0.15, 0.2) is 24.3 Å². The lowest BCUT2D eigenvalue weighted by molar-refractivity contribution is -0.147. The van der Waals surface area contributed by atoms with Crippen LogP contribution in [0.25, 0.3) is 0 Å². The number of aryl methyl sites for hydroxylation is 1. The van der Waals surface area contributed by atoms with E-state index in [1.54, 1.807) is 4.90 Å². The molecule has 0 fully saturated rings. The van der Waals surface area contributed by atoms with E-state index in [1.807, 2.05) is 31.2 Å². The van der Waals surface area contributed by atoms with Gasteiger partial charge in [0.1, 0.15) is 6.54 Å². The first-order valence-corrected chi connectivity index (χ1v) is 8.57. The Hall–Kier alpha value is -2.37. The third-order valence-corrected chi connectivity index (χ3v) is 3.96. The molecule has 0 spiro atoms. The largest absolute Gasteiger partial charge is 0.468 e. The van der Waals surface area contributed by atoms with Gasteiger partial charge in [-0.3, -0.25) is 14.4 Å². The number of nitrogens with one attached hydrogen (secondary N) is 1. The molecule has 1 rings (SSSR count). The van der Waals surface area contributed by atoms with Gasteiger partial charge in [0.25, 0.3) is 0 Å². The van der Waals surface area contributed by atoms with Crippen molar-refractivity contribution in [3.8, 4) is 0 Å². The van der Waals surface area contributed by atoms with Gasteiger partial charge in [-0.05, 0) is 30.9 Å². The molecule has 1 aromatic carbocycles. The molecule has 6 heteroatoms. The Morgan fingerprint density at radius 2 is 1.84 bits per heavy atom. The maximum Gasteiger partial charge on any atom is 0.325 e. The van der Waals surface area contributed by atoms with Gasteiger partial charge in [-0.15, -0.1) is 0 Å². The molecular weight excluding hydrogens is 320 g/mol. The standard InChI is InChI=1S/C19H28N2O4/c1-15-9-6-7-10-17(15)13-21(14-19(24)25-3)18(23)11-5-4-8-12-20-16(2)22/h6-7,9-10H,4-5,8,11-14H2,1-3H3,(H,20,22). The molecule has 1 aromatic rings. The number of carbonyl (C=O) groups excluding carboxylic acids is 3. The van der Waals surface area contributed by atoms with Crippen LogP contribution >= 0.6 is 0 Å². The van der Waals surface area contributed by atoms with Gasteiger partial charge in [-0.2, -0.15) is 0 Å². The van der Waals surface area contributed by atoms with Crippen molar-refractivity contribution in [1.29, 1.82) is 0 Å². The Bertz CT molecular complexity index is 587. The number of unbranched alkanes of at least 4 members (excludes halogenated alkanes) is 2. The van der Waals surface area contributed by atoms with E-state index < -0.39 is 5.97 Å². The second kappa shape index (κ2) is 11.2. The zero-order valence-corrected chi connectivity index (χ0v) is 15.3. The van der Waals surface area contributed by atoms with Gasteiger partial charge in [0.05, 0.1) is 7.11 Å². The first-order chi connectivity index (χ1) is 11.9. The van der Waals surface area contributed by atoms with Crippen LogP contribution in [0.3, 0.4) is 0 Å². The van der Waals surface area contributed by atoms with E-state index in [2.05, 4.69) is 5.32 Å². The number of hydrogen-bond acceptors (Lipinski definition) is 4. The average molecular weight is 348 g/mol. The van der Waals surface area contributed by atoms with Crippen molar-refractivity contribution in [3.63, 3.8) is 0 Å². The quantitative estimate of drug-likeness (QED) is 0.519. The Kier molecular flexibility index (Phi) is 9.29. The maximum atomic E-state index is 12.5. The van der Waals surface area contributed by atoms with Crippen LogP contribution in [0.2, 0.25) is 0 Å². The van der Waals surface area contributed by atoms with E-state index >= 15 is 0 Å². The first kappa shape index (κ1) is 20.7. The van der Waals surface area contributed by atoms with Gasteiger partial charge in [0.15, 0.2) is 0 Å². The monoisotopic (exact) mass is 348 g/mol. The molecule has 1 N–H and O–H groups in total. The molecule has 0 aromatic heterocycles. The number of carbonyl (C=O) groups is 3. The van der Waals surface area contributed by atoms with Crippen molar-refractivity contribution in [2.75, 3.05) is 20.2 Å². The molecule has 0 unspecified atom stereocenters. The number of nitrogens with zero attached hydrogens (tertiary/aromatic N) is 1. The third kappa shape index (κ3) is 8.33. The third-order valence-electron chi connectivity index (χ3n) is 3.96. The minimum absolute atomic E-state index is 0.0430. The summed E-state index contributed by atoms with van der Waals surface area (Å²) in [5.41, 5.74) is 2.10. The summed E-state index contributed by atoms with van der Waals surface area (Å²) >= 11 is 0. The predicted molar refractivity (Wildman–Crippen MR) is 95.8 cm³/mol. The van der Waals surface area contributed by atoms with Crippen molar-refractivity contribution in [3.05, 3.63) is 35.4 Å². The number of rotatable bonds is 10. The summed E-state index contributed by atoms with van der Waals surface area (Å²) in [5, 5.41) is 2.73. The normalized spacial score (nSPS) is 10.2. The molecule has 0 aliphatic rings. The molecule has 0 radical (unpaired) electrons. The van der Waals surface area contributed by atoms with E-state index in [4.69, 9.17) is 4.74 Å². The van der Waals surface area contributed by atoms with E-state index in [0.29, 0.717) is 19.5 Å². The van der Waals surface area contributed by atoms with Crippen molar-refractivity contribution in [1.82, 2.24) is 10.2 Å². The summed E-state index contributed by atoms with van der Waals surface area (Å²) in [7, 11) is 1.32. The van der Waals surface area contributed by atoms with Crippen molar-refractivity contribution < 1.29 is 19.1 Å². The molecule has 0 saturated heterocycles. The fourth-order valence-corrected chi connectivity index (χ4v) is 2.45. The Morgan fingerprint density at radius 3 is 2.48 bits per heavy atom. The highest BCUT2D eigenvalue weighted by atomic mass is 16.5. The minimum Gasteiger partial charge on any atom is -0.468 e. The lowest BCUT2D eigenvalue weighted by Gasteiger charge is -2.22. The van der Waals surface area contributed by atoms with Crippen LogP contribution in [0, 0.1) is 6.92 Å². The molecule has 0 heterocycles. The van der Waals surface area contributed by atoms with E-state index in [9.17, 15) is 14.4 Å². The number of esters is 1. The number of methoxy groups -OCH3 is 1. The lowest BCUT2D eigenvalue weighted by atomic mass is 10.1. The van der Waals surface area contributed by atoms with Crippen LogP contribution in [0.1, 0.15) is 43.7 Å². The van der Waals surface area contributed by atoms with Crippen molar-refractivity contribution >= 4 is 17.8 Å². The molecule has 138 valence electrons. The zero-order valence-electron chi connectivity index (χ0n) is 15.3. The maximum absolute atomic E-state index is 12.5. The predicted octanol–water partition coefficient (Wildman–Crippen LogP) is 2.19. The van der Waals surface area contributed by atoms with Crippen LogP contribution < -0.4 is 5.32 Å². The average Bonchev–Trinajstić information content (AvgIpc) is 2.58. The topological polar surface area (TPSA) is 75.7 Å². The van der Waals surface area contributed by atoms with E-state index in [1.165, 1.54) is 14.0 Å². The fourth-order valence-electron chi connectivity index (χ4n) is 2.45. The van der Waals surface area contributed by atoms with E-state index in [-0.39, 0.29) is 18.4 Å². The molecular formula is C19H28N2O4. The lowest BCUT2D eigenvalue weighted by Crippen LogP contribution is -2.35. The Morgan fingerprint density at radius 1 is 1.12 bits per heavy atom. The number of benzene rings is 1. The second-order valence-electron chi connectivity index (χ2n) is 6.05. The van der Waals surface area contributed by atoms with Crippen molar-refractivity contribution in [2.45, 2.75) is 46.1 Å². The van der Waals surface area contributed by atoms with Gasteiger partial charge in [0.2, 0.25) is 11.8 Å². The summed E-state index contributed by atoms with van der Waals surface area (Å²) in [6, 6.07) is 7.81. The summed E-state index contributed by atoms with van der Waals surface area (Å²) in [6.07, 6.45) is 2.79. The molecule has 0 atom stereocenters. The van der Waals surface area contributed by atoms with Crippen LogP contribution in [0.4, 0.5) is 0 Å². The molecule has 0 aliphatic heterocycles. The van der Waals surface area contributed by atoms with Gasteiger partial charge in [-0.1, -0.05) is 30.7 Å².